The molecule has 1 aromatic carbocycles. The maximum atomic E-state index is 11.6. The maximum Gasteiger partial charge on any atom is 0.272 e. The molecule has 1 aromatic rings. The highest BCUT2D eigenvalue weighted by atomic mass is 35.5. The molecular weight excluding hydrogens is 244 g/mol. The van der Waals surface area contributed by atoms with Gasteiger partial charge < -0.3 is 4.90 Å². The molecule has 2 rings (SSSR count). The Labute approximate surface area is 103 Å². The number of carbonyl (C=O) groups is 1. The van der Waals surface area contributed by atoms with Crippen molar-refractivity contribution >= 4 is 28.9 Å². The van der Waals surface area contributed by atoms with Crippen LogP contribution in [0.4, 0.5) is 11.4 Å². The Kier molecular flexibility index (Phi) is 3.02. The lowest BCUT2D eigenvalue weighted by Crippen LogP contribution is -2.24. The smallest absolute Gasteiger partial charge is 0.272 e. The van der Waals surface area contributed by atoms with E-state index in [2.05, 4.69) is 0 Å². The van der Waals surface area contributed by atoms with Gasteiger partial charge in [0.2, 0.25) is 5.91 Å². The molecule has 0 spiro atoms. The summed E-state index contributed by atoms with van der Waals surface area (Å²) < 4.78 is 0. The molecule has 1 aliphatic heterocycles. The number of hydrogen-bond acceptors (Lipinski definition) is 3. The minimum Gasteiger partial charge on any atom is -0.311 e. The number of amides is 1. The number of benzene rings is 1. The molecule has 1 atom stereocenters. The number of halogens is 1. The van der Waals surface area contributed by atoms with Gasteiger partial charge in [0.15, 0.2) is 0 Å². The Morgan fingerprint density at radius 3 is 2.71 bits per heavy atom. The topological polar surface area (TPSA) is 63.5 Å². The summed E-state index contributed by atoms with van der Waals surface area (Å²) in [7, 11) is 0. The van der Waals surface area contributed by atoms with Crippen molar-refractivity contribution in [3.8, 4) is 0 Å². The largest absolute Gasteiger partial charge is 0.311 e. The minimum absolute atomic E-state index is 0.0433. The van der Waals surface area contributed by atoms with E-state index in [1.807, 2.05) is 0 Å². The first-order chi connectivity index (χ1) is 7.99. The molecule has 6 heteroatoms. The molecule has 0 radical (unpaired) electrons. The fraction of sp³-hybridized carbons (Fsp3) is 0.364. The fourth-order valence-corrected chi connectivity index (χ4v) is 2.20. The van der Waals surface area contributed by atoms with Crippen molar-refractivity contribution in [3.05, 3.63) is 33.9 Å². The van der Waals surface area contributed by atoms with E-state index < -0.39 is 4.92 Å². The Bertz CT molecular complexity index is 490. The minimum atomic E-state index is -0.435. The van der Waals surface area contributed by atoms with Crippen LogP contribution in [0.25, 0.3) is 0 Å². The summed E-state index contributed by atoms with van der Waals surface area (Å²) in [5, 5.41) is 10.5. The van der Waals surface area contributed by atoms with E-state index in [0.29, 0.717) is 24.2 Å². The van der Waals surface area contributed by atoms with Crippen LogP contribution in [-0.4, -0.2) is 22.8 Å². The molecule has 1 fully saturated rings. The first-order valence-corrected chi connectivity index (χ1v) is 5.62. The predicted octanol–water partition coefficient (Wildman–Crippen LogP) is 2.25. The highest BCUT2D eigenvalue weighted by Crippen LogP contribution is 2.28. The van der Waals surface area contributed by atoms with Gasteiger partial charge in [-0.15, -0.1) is 11.6 Å². The highest BCUT2D eigenvalue weighted by molar-refractivity contribution is 6.24. The van der Waals surface area contributed by atoms with E-state index in [-0.39, 0.29) is 17.0 Å². The molecule has 90 valence electrons. The van der Waals surface area contributed by atoms with E-state index in [0.717, 1.165) is 0 Å². The van der Waals surface area contributed by atoms with Crippen LogP contribution in [0.5, 0.6) is 0 Å². The zero-order chi connectivity index (χ0) is 12.6. The second kappa shape index (κ2) is 4.33. The van der Waals surface area contributed by atoms with Crippen molar-refractivity contribution in [1.82, 2.24) is 0 Å². The molecule has 1 saturated heterocycles. The van der Waals surface area contributed by atoms with Crippen LogP contribution in [-0.2, 0) is 4.79 Å². The van der Waals surface area contributed by atoms with Crippen molar-refractivity contribution in [2.45, 2.75) is 18.7 Å². The Morgan fingerprint density at radius 2 is 2.24 bits per heavy atom. The molecule has 0 aromatic heterocycles. The van der Waals surface area contributed by atoms with Crippen LogP contribution in [0.2, 0.25) is 0 Å². The van der Waals surface area contributed by atoms with Crippen molar-refractivity contribution in [2.24, 2.45) is 0 Å². The van der Waals surface area contributed by atoms with E-state index >= 15 is 0 Å². The summed E-state index contributed by atoms with van der Waals surface area (Å²) in [4.78, 5) is 23.4. The van der Waals surface area contributed by atoms with Gasteiger partial charge in [-0.25, -0.2) is 0 Å². The van der Waals surface area contributed by atoms with E-state index in [4.69, 9.17) is 11.6 Å². The molecule has 1 unspecified atom stereocenters. The number of nitro benzene ring substituents is 1. The SMILES string of the molecule is Cc1cc(N2CC(Cl)CC2=O)ccc1[N+](=O)[O-]. The van der Waals surface area contributed by atoms with Crippen LogP contribution in [0, 0.1) is 17.0 Å². The second-order valence-electron chi connectivity index (χ2n) is 4.03. The molecule has 1 amide bonds. The number of nitro groups is 1. The molecular formula is C11H11ClN2O3. The quantitative estimate of drug-likeness (QED) is 0.462. The van der Waals surface area contributed by atoms with Crippen molar-refractivity contribution < 1.29 is 9.72 Å². The number of nitrogens with zero attached hydrogens (tertiary/aromatic N) is 2. The lowest BCUT2D eigenvalue weighted by Gasteiger charge is -2.16. The monoisotopic (exact) mass is 254 g/mol. The van der Waals surface area contributed by atoms with Gasteiger partial charge in [-0.2, -0.15) is 0 Å². The van der Waals surface area contributed by atoms with E-state index in [1.165, 1.54) is 6.07 Å². The first kappa shape index (κ1) is 11.9. The third-order valence-electron chi connectivity index (χ3n) is 2.77. The number of carbonyl (C=O) groups excluding carboxylic acids is 1. The van der Waals surface area contributed by atoms with Crippen molar-refractivity contribution in [3.63, 3.8) is 0 Å². The van der Waals surface area contributed by atoms with Gasteiger partial charge in [-0.1, -0.05) is 0 Å². The van der Waals surface area contributed by atoms with Gasteiger partial charge in [0, 0.05) is 30.3 Å². The van der Waals surface area contributed by atoms with E-state index in [1.54, 1.807) is 24.0 Å². The van der Waals surface area contributed by atoms with Gasteiger partial charge >= 0.3 is 0 Å². The van der Waals surface area contributed by atoms with Crippen LogP contribution in [0.3, 0.4) is 0 Å². The number of anilines is 1. The summed E-state index contributed by atoms with van der Waals surface area (Å²) in [5.41, 5.74) is 1.27. The average molecular weight is 255 g/mol. The standard InChI is InChI=1S/C11H11ClN2O3/c1-7-4-9(2-3-10(7)14(16)17)13-6-8(12)5-11(13)15/h2-4,8H,5-6H2,1H3. The lowest BCUT2D eigenvalue weighted by atomic mass is 10.1. The van der Waals surface area contributed by atoms with Gasteiger partial charge in [0.1, 0.15) is 0 Å². The highest BCUT2D eigenvalue weighted by Gasteiger charge is 2.29. The zero-order valence-corrected chi connectivity index (χ0v) is 9.98. The molecule has 1 aliphatic rings. The van der Waals surface area contributed by atoms with Gasteiger partial charge in [-0.3, -0.25) is 14.9 Å². The number of hydrogen-bond donors (Lipinski definition) is 0. The number of alkyl halides is 1. The summed E-state index contributed by atoms with van der Waals surface area (Å²) >= 11 is 5.90. The normalized spacial score (nSPS) is 19.8. The van der Waals surface area contributed by atoms with E-state index in [9.17, 15) is 14.9 Å². The van der Waals surface area contributed by atoms with Crippen molar-refractivity contribution in [1.29, 1.82) is 0 Å². The Hall–Kier alpha value is -1.62. The third-order valence-corrected chi connectivity index (χ3v) is 3.06. The molecule has 17 heavy (non-hydrogen) atoms. The third kappa shape index (κ3) is 2.24. The predicted molar refractivity (Wildman–Crippen MR) is 64.4 cm³/mol. The lowest BCUT2D eigenvalue weighted by molar-refractivity contribution is -0.385. The van der Waals surface area contributed by atoms with Gasteiger partial charge in [0.05, 0.1) is 10.3 Å². The van der Waals surface area contributed by atoms with Crippen molar-refractivity contribution in [2.75, 3.05) is 11.4 Å². The van der Waals surface area contributed by atoms with Crippen LogP contribution >= 0.6 is 11.6 Å². The Morgan fingerprint density at radius 1 is 1.53 bits per heavy atom. The van der Waals surface area contributed by atoms with Gasteiger partial charge in [-0.05, 0) is 19.1 Å². The molecule has 0 N–H and O–H groups in total. The maximum absolute atomic E-state index is 11.6. The summed E-state index contributed by atoms with van der Waals surface area (Å²) in [6, 6.07) is 4.64. The second-order valence-corrected chi connectivity index (χ2v) is 4.65. The number of rotatable bonds is 2. The zero-order valence-electron chi connectivity index (χ0n) is 9.22. The van der Waals surface area contributed by atoms with Crippen LogP contribution < -0.4 is 4.90 Å². The van der Waals surface area contributed by atoms with Gasteiger partial charge in [0.25, 0.3) is 5.69 Å². The summed E-state index contributed by atoms with van der Waals surface area (Å²) in [6.07, 6.45) is 0.317. The molecule has 5 nitrogen and oxygen atoms in total. The summed E-state index contributed by atoms with van der Waals surface area (Å²) in [6.45, 7) is 2.11. The van der Waals surface area contributed by atoms with Crippen LogP contribution in [0.15, 0.2) is 18.2 Å². The average Bonchev–Trinajstić information content (AvgIpc) is 2.57. The molecule has 0 aliphatic carbocycles. The molecule has 1 heterocycles. The summed E-state index contributed by atoms with van der Waals surface area (Å²) in [5.74, 6) is -0.0433. The Balaban J connectivity index is 2.32. The molecule has 0 saturated carbocycles. The van der Waals surface area contributed by atoms with Crippen LogP contribution in [0.1, 0.15) is 12.0 Å². The molecule has 0 bridgehead atoms. The fourth-order valence-electron chi connectivity index (χ4n) is 1.93. The number of aryl methyl sites for hydroxylation is 1. The first-order valence-electron chi connectivity index (χ1n) is 5.18.